The predicted octanol–water partition coefficient (Wildman–Crippen LogP) is 1.61. The van der Waals surface area contributed by atoms with Crippen LogP contribution < -0.4 is 9.47 Å². The molecular weight excluding hydrogens is 437 g/mol. The van der Waals surface area contributed by atoms with Crippen LogP contribution >= 0.6 is 7.37 Å². The van der Waals surface area contributed by atoms with Crippen LogP contribution in [0.3, 0.4) is 0 Å². The van der Waals surface area contributed by atoms with Gasteiger partial charge in [-0.3, -0.25) is 4.57 Å². The molecule has 0 radical (unpaired) electrons. The average molecular weight is 463 g/mol. The molecule has 10 heteroatoms. The summed E-state index contributed by atoms with van der Waals surface area (Å²) in [6.07, 6.45) is -7.35. The number of aliphatic hydroxyl groups is 3. The minimum absolute atomic E-state index is 0.0596. The number of nitriles is 1. The zero-order valence-electron chi connectivity index (χ0n) is 17.4. The van der Waals surface area contributed by atoms with E-state index >= 15 is 0 Å². The summed E-state index contributed by atoms with van der Waals surface area (Å²) in [5.74, 6) is 0.950. The third-order valence-electron chi connectivity index (χ3n) is 5.30. The van der Waals surface area contributed by atoms with Crippen LogP contribution in [0.5, 0.6) is 11.5 Å². The van der Waals surface area contributed by atoms with Crippen LogP contribution in [0.2, 0.25) is 0 Å². The summed E-state index contributed by atoms with van der Waals surface area (Å²) < 4.78 is 29.0. The molecule has 0 aliphatic carbocycles. The van der Waals surface area contributed by atoms with E-state index in [0.29, 0.717) is 22.6 Å². The predicted molar refractivity (Wildman–Crippen MR) is 114 cm³/mol. The lowest BCUT2D eigenvalue weighted by Crippen LogP contribution is -2.59. The first-order valence-electron chi connectivity index (χ1n) is 10.0. The molecule has 1 aliphatic rings. The fraction of sp³-hybridized carbons (Fsp3) is 0.409. The summed E-state index contributed by atoms with van der Waals surface area (Å²) in [5.41, 5.74) is 0.782. The molecule has 1 heterocycles. The van der Waals surface area contributed by atoms with Crippen LogP contribution in [0, 0.1) is 11.3 Å². The summed E-state index contributed by atoms with van der Waals surface area (Å²) >= 11 is 0. The molecule has 6 atom stereocenters. The van der Waals surface area contributed by atoms with Gasteiger partial charge in [0.2, 0.25) is 13.7 Å². The Morgan fingerprint density at radius 1 is 1.03 bits per heavy atom. The monoisotopic (exact) mass is 463 g/mol. The second-order valence-corrected chi connectivity index (χ2v) is 10.0. The van der Waals surface area contributed by atoms with E-state index in [1.54, 1.807) is 48.5 Å². The fourth-order valence-corrected chi connectivity index (χ4v) is 5.11. The number of hydrogen-bond acceptors (Lipinski definition) is 8. The molecule has 2 unspecified atom stereocenters. The highest BCUT2D eigenvalue weighted by atomic mass is 31.2. The largest absolute Gasteiger partial charge is 0.497 e. The number of hydrogen-bond donors (Lipinski definition) is 4. The Morgan fingerprint density at radius 2 is 1.69 bits per heavy atom. The Balaban J connectivity index is 1.65. The van der Waals surface area contributed by atoms with Crippen molar-refractivity contribution in [3.63, 3.8) is 0 Å². The van der Waals surface area contributed by atoms with Crippen molar-refractivity contribution < 1.29 is 39.0 Å². The van der Waals surface area contributed by atoms with Crippen molar-refractivity contribution in [1.82, 2.24) is 0 Å². The van der Waals surface area contributed by atoms with Gasteiger partial charge in [-0.05, 0) is 42.3 Å². The molecule has 1 fully saturated rings. The molecular formula is C22H26NO8P. The Labute approximate surface area is 185 Å². The molecule has 32 heavy (non-hydrogen) atoms. The van der Waals surface area contributed by atoms with Gasteiger partial charge in [-0.15, -0.1) is 0 Å². The first-order valence-corrected chi connectivity index (χ1v) is 12.1. The van der Waals surface area contributed by atoms with Crippen LogP contribution in [-0.2, 0) is 15.5 Å². The zero-order valence-corrected chi connectivity index (χ0v) is 18.3. The Bertz CT molecular complexity index is 992. The van der Waals surface area contributed by atoms with Gasteiger partial charge >= 0.3 is 0 Å². The lowest BCUT2D eigenvalue weighted by atomic mass is 9.97. The van der Waals surface area contributed by atoms with Crippen molar-refractivity contribution in [2.24, 2.45) is 0 Å². The van der Waals surface area contributed by atoms with Crippen LogP contribution in [0.25, 0.3) is 0 Å². The molecule has 9 nitrogen and oxygen atoms in total. The van der Waals surface area contributed by atoms with Gasteiger partial charge in [-0.25, -0.2) is 0 Å². The van der Waals surface area contributed by atoms with Gasteiger partial charge in [0.1, 0.15) is 29.8 Å². The van der Waals surface area contributed by atoms with E-state index < -0.39 is 38.1 Å². The normalized spacial score (nSPS) is 27.2. The van der Waals surface area contributed by atoms with Crippen molar-refractivity contribution >= 4 is 7.37 Å². The minimum atomic E-state index is -3.72. The third kappa shape index (κ3) is 5.87. The molecule has 2 aromatic carbocycles. The van der Waals surface area contributed by atoms with Gasteiger partial charge < -0.3 is 34.4 Å². The maximum absolute atomic E-state index is 12.7. The van der Waals surface area contributed by atoms with Gasteiger partial charge in [0.15, 0.2) is 0 Å². The highest BCUT2D eigenvalue weighted by Crippen LogP contribution is 2.46. The van der Waals surface area contributed by atoms with E-state index in [0.717, 1.165) is 0 Å². The second-order valence-electron chi connectivity index (χ2n) is 7.59. The van der Waals surface area contributed by atoms with Crippen molar-refractivity contribution in [2.75, 3.05) is 13.3 Å². The van der Waals surface area contributed by atoms with Crippen molar-refractivity contribution in [1.29, 1.82) is 5.26 Å². The number of benzene rings is 2. The summed E-state index contributed by atoms with van der Waals surface area (Å²) in [6.45, 7) is 0. The summed E-state index contributed by atoms with van der Waals surface area (Å²) in [5, 5.41) is 40.0. The Morgan fingerprint density at radius 3 is 2.34 bits per heavy atom. The highest BCUT2D eigenvalue weighted by molar-refractivity contribution is 7.57. The fourth-order valence-electron chi connectivity index (χ4n) is 3.48. The molecule has 0 amide bonds. The molecule has 0 bridgehead atoms. The quantitative estimate of drug-likeness (QED) is 0.428. The molecule has 0 spiro atoms. The molecule has 0 aromatic heterocycles. The lowest BCUT2D eigenvalue weighted by Gasteiger charge is -2.40. The molecule has 2 aromatic rings. The first-order chi connectivity index (χ1) is 15.2. The zero-order chi connectivity index (χ0) is 23.3. The summed E-state index contributed by atoms with van der Waals surface area (Å²) in [7, 11) is -2.20. The van der Waals surface area contributed by atoms with Gasteiger partial charge in [0.25, 0.3) is 0 Å². The average Bonchev–Trinajstić information content (AvgIpc) is 2.79. The number of nitrogens with zero attached hydrogens (tertiary/aromatic N) is 1. The maximum Gasteiger partial charge on any atom is 0.229 e. The number of ether oxygens (including phenoxy) is 3. The van der Waals surface area contributed by atoms with Gasteiger partial charge in [-0.1, -0.05) is 18.2 Å². The van der Waals surface area contributed by atoms with E-state index in [4.69, 9.17) is 14.2 Å². The first kappa shape index (κ1) is 24.2. The second kappa shape index (κ2) is 10.5. The van der Waals surface area contributed by atoms with Gasteiger partial charge in [-0.2, -0.15) is 5.26 Å². The van der Waals surface area contributed by atoms with E-state index in [1.165, 1.54) is 7.11 Å². The van der Waals surface area contributed by atoms with E-state index in [9.17, 15) is 30.0 Å². The standard InChI is InChI=1S/C22H26NO8P/c1-29-16-6-8-17(9-7-16)30-22-21(26)20(25)19(24)18(31-22)10-11-32(27,28)13-15-5-3-2-4-14(15)12-23/h2-9,18-22,24-26H,10-11,13H2,1H3,(H,27,28)/t18-,19-,20+,21+,22?/m1/s1. The maximum atomic E-state index is 12.7. The molecule has 0 saturated carbocycles. The Hall–Kier alpha value is -2.44. The number of rotatable bonds is 8. The molecule has 3 rings (SSSR count). The Kier molecular flexibility index (Phi) is 7.91. The third-order valence-corrected chi connectivity index (χ3v) is 7.09. The van der Waals surface area contributed by atoms with Crippen LogP contribution in [0.4, 0.5) is 0 Å². The summed E-state index contributed by atoms with van der Waals surface area (Å²) in [4.78, 5) is 10.4. The number of methoxy groups -OCH3 is 1. The van der Waals surface area contributed by atoms with Crippen LogP contribution in [0.15, 0.2) is 48.5 Å². The van der Waals surface area contributed by atoms with Crippen LogP contribution in [-0.4, -0.2) is 64.2 Å². The van der Waals surface area contributed by atoms with Gasteiger partial charge in [0, 0.05) is 6.16 Å². The van der Waals surface area contributed by atoms with Crippen molar-refractivity contribution in [2.45, 2.75) is 43.3 Å². The molecule has 1 saturated heterocycles. The molecule has 1 aliphatic heterocycles. The number of aliphatic hydroxyl groups excluding tert-OH is 3. The van der Waals surface area contributed by atoms with E-state index in [2.05, 4.69) is 0 Å². The summed E-state index contributed by atoms with van der Waals surface area (Å²) in [6, 6.07) is 15.0. The van der Waals surface area contributed by atoms with E-state index in [-0.39, 0.29) is 18.7 Å². The van der Waals surface area contributed by atoms with Crippen molar-refractivity contribution in [3.8, 4) is 17.6 Å². The molecule has 4 N–H and O–H groups in total. The minimum Gasteiger partial charge on any atom is -0.497 e. The topological polar surface area (TPSA) is 149 Å². The smallest absolute Gasteiger partial charge is 0.229 e. The SMILES string of the molecule is COc1ccc(OC2O[C@H](CCP(=O)(O)Cc3ccccc3C#N)[C@@H](O)[C@H](O)[C@@H]2O)cc1. The molecule has 172 valence electrons. The lowest BCUT2D eigenvalue weighted by molar-refractivity contribution is -0.272. The highest BCUT2D eigenvalue weighted by Gasteiger charge is 2.45. The van der Waals surface area contributed by atoms with Gasteiger partial charge in [0.05, 0.1) is 31.0 Å². The van der Waals surface area contributed by atoms with E-state index in [1.807, 2.05) is 6.07 Å². The van der Waals surface area contributed by atoms with Crippen molar-refractivity contribution in [3.05, 3.63) is 59.7 Å². The van der Waals surface area contributed by atoms with Crippen LogP contribution in [0.1, 0.15) is 17.5 Å².